The van der Waals surface area contributed by atoms with E-state index >= 15 is 0 Å². The molecule has 0 aromatic carbocycles. The third kappa shape index (κ3) is 10.4. The van der Waals surface area contributed by atoms with Crippen molar-refractivity contribution in [2.24, 2.45) is 5.92 Å². The first-order valence-corrected chi connectivity index (χ1v) is 3.50. The number of rotatable bonds is 3. The molecule has 0 aliphatic carbocycles. The smallest absolute Gasteiger partial charge is 0.317 e. The maximum absolute atomic E-state index is 9.76. The molecule has 0 saturated carbocycles. The molecule has 0 aliphatic heterocycles. The molecule has 6 nitrogen and oxygen atoms in total. The van der Waals surface area contributed by atoms with Crippen LogP contribution in [0.4, 0.5) is 0 Å². The van der Waals surface area contributed by atoms with Gasteiger partial charge in [0.1, 0.15) is 0 Å². The van der Waals surface area contributed by atoms with Gasteiger partial charge in [-0.2, -0.15) is 0 Å². The molecular formula is C7H12O6. The van der Waals surface area contributed by atoms with Crippen molar-refractivity contribution in [1.82, 2.24) is 0 Å². The van der Waals surface area contributed by atoms with Crippen LogP contribution in [0.1, 0.15) is 20.3 Å². The second-order valence-corrected chi connectivity index (χ2v) is 2.15. The maximum atomic E-state index is 9.76. The maximum Gasteiger partial charge on any atom is 0.317 e. The van der Waals surface area contributed by atoms with E-state index in [1.165, 1.54) is 0 Å². The molecule has 0 spiro atoms. The van der Waals surface area contributed by atoms with Crippen LogP contribution in [0.2, 0.25) is 0 Å². The molecule has 0 aliphatic rings. The SMILES string of the molecule is CC(C(=O)O)C(=O)O.CCC(=O)O. The minimum Gasteiger partial charge on any atom is -0.481 e. The summed E-state index contributed by atoms with van der Waals surface area (Å²) >= 11 is 0. The lowest BCUT2D eigenvalue weighted by Gasteiger charge is -1.94. The van der Waals surface area contributed by atoms with Crippen LogP contribution in [-0.2, 0) is 14.4 Å². The Labute approximate surface area is 74.8 Å². The highest BCUT2D eigenvalue weighted by atomic mass is 16.4. The summed E-state index contributed by atoms with van der Waals surface area (Å²) in [4.78, 5) is 28.9. The van der Waals surface area contributed by atoms with Gasteiger partial charge in [-0.15, -0.1) is 0 Å². The largest absolute Gasteiger partial charge is 0.481 e. The van der Waals surface area contributed by atoms with Crippen LogP contribution >= 0.6 is 0 Å². The van der Waals surface area contributed by atoms with Gasteiger partial charge in [-0.1, -0.05) is 6.92 Å². The molecule has 76 valence electrons. The first-order valence-electron chi connectivity index (χ1n) is 3.50. The summed E-state index contributed by atoms with van der Waals surface area (Å²) in [5.74, 6) is -4.66. The quantitative estimate of drug-likeness (QED) is 0.553. The molecule has 0 amide bonds. The molecule has 0 rings (SSSR count). The van der Waals surface area contributed by atoms with Crippen molar-refractivity contribution in [2.45, 2.75) is 20.3 Å². The fourth-order valence-electron chi connectivity index (χ4n) is 0.106. The van der Waals surface area contributed by atoms with Gasteiger partial charge in [-0.3, -0.25) is 14.4 Å². The van der Waals surface area contributed by atoms with Crippen molar-refractivity contribution in [3.63, 3.8) is 0 Å². The predicted octanol–water partition coefficient (Wildman–Crippen LogP) is 0.273. The van der Waals surface area contributed by atoms with Crippen LogP contribution in [0.3, 0.4) is 0 Å². The molecule has 0 aromatic rings. The van der Waals surface area contributed by atoms with Crippen molar-refractivity contribution in [2.75, 3.05) is 0 Å². The van der Waals surface area contributed by atoms with Gasteiger partial charge in [0.25, 0.3) is 0 Å². The second kappa shape index (κ2) is 7.08. The lowest BCUT2D eigenvalue weighted by atomic mass is 10.2. The molecule has 6 heteroatoms. The number of carboxylic acid groups (broad SMARTS) is 3. The summed E-state index contributed by atoms with van der Waals surface area (Å²) in [6, 6.07) is 0. The molecule has 0 saturated heterocycles. The second-order valence-electron chi connectivity index (χ2n) is 2.15. The van der Waals surface area contributed by atoms with E-state index in [9.17, 15) is 14.4 Å². The molecule has 0 fully saturated rings. The zero-order valence-electron chi connectivity index (χ0n) is 7.35. The molecule has 3 N–H and O–H groups in total. The number of aliphatic carboxylic acids is 3. The minimum absolute atomic E-state index is 0.222. The fraction of sp³-hybridized carbons (Fsp3) is 0.571. The normalized spacial score (nSPS) is 8.54. The van der Waals surface area contributed by atoms with Crippen molar-refractivity contribution < 1.29 is 29.7 Å². The van der Waals surface area contributed by atoms with E-state index in [0.29, 0.717) is 0 Å². The molecule has 0 radical (unpaired) electrons. The third-order valence-electron chi connectivity index (χ3n) is 1.04. The average molecular weight is 192 g/mol. The molecule has 0 unspecified atom stereocenters. The lowest BCUT2D eigenvalue weighted by Crippen LogP contribution is -2.19. The Kier molecular flexibility index (Phi) is 7.61. The fourth-order valence-corrected chi connectivity index (χ4v) is 0.106. The Hall–Kier alpha value is -1.59. The zero-order valence-corrected chi connectivity index (χ0v) is 7.35. The van der Waals surface area contributed by atoms with Crippen molar-refractivity contribution >= 4 is 17.9 Å². The van der Waals surface area contributed by atoms with Gasteiger partial charge in [-0.05, 0) is 6.92 Å². The Balaban J connectivity index is 0. The first-order chi connectivity index (χ1) is 5.82. The van der Waals surface area contributed by atoms with Gasteiger partial charge < -0.3 is 15.3 Å². The summed E-state index contributed by atoms with van der Waals surface area (Å²) in [5.41, 5.74) is 0. The molecule has 0 atom stereocenters. The van der Waals surface area contributed by atoms with Gasteiger partial charge in [0.2, 0.25) is 0 Å². The first kappa shape index (κ1) is 14.0. The Morgan fingerprint density at radius 3 is 1.31 bits per heavy atom. The number of hydrogen-bond donors (Lipinski definition) is 3. The topological polar surface area (TPSA) is 112 Å². The minimum atomic E-state index is -1.31. The molecular weight excluding hydrogens is 180 g/mol. The summed E-state index contributed by atoms with van der Waals surface area (Å²) in [7, 11) is 0. The van der Waals surface area contributed by atoms with Gasteiger partial charge in [0.15, 0.2) is 5.92 Å². The highest BCUT2D eigenvalue weighted by Crippen LogP contribution is 1.91. The van der Waals surface area contributed by atoms with E-state index < -0.39 is 23.8 Å². The highest BCUT2D eigenvalue weighted by molar-refractivity contribution is 5.92. The standard InChI is InChI=1S/C4H6O4.C3H6O2/c1-2(3(5)6)4(7)8;1-2-3(4)5/h2H,1H3,(H,5,6)(H,7,8);2H2,1H3,(H,4,5). The molecule has 0 aromatic heterocycles. The summed E-state index contributed by atoms with van der Waals surface area (Å²) < 4.78 is 0. The Morgan fingerprint density at radius 2 is 1.31 bits per heavy atom. The van der Waals surface area contributed by atoms with E-state index in [0.717, 1.165) is 6.92 Å². The average Bonchev–Trinajstić information content (AvgIpc) is 2.03. The van der Waals surface area contributed by atoms with Crippen molar-refractivity contribution in [1.29, 1.82) is 0 Å². The summed E-state index contributed by atoms with van der Waals surface area (Å²) in [6.07, 6.45) is 0.222. The van der Waals surface area contributed by atoms with Crippen LogP contribution in [0.25, 0.3) is 0 Å². The van der Waals surface area contributed by atoms with E-state index in [-0.39, 0.29) is 6.42 Å². The van der Waals surface area contributed by atoms with Crippen LogP contribution < -0.4 is 0 Å². The van der Waals surface area contributed by atoms with Gasteiger partial charge >= 0.3 is 17.9 Å². The van der Waals surface area contributed by atoms with Crippen LogP contribution in [0, 0.1) is 5.92 Å². The van der Waals surface area contributed by atoms with Crippen LogP contribution in [0.5, 0.6) is 0 Å². The summed E-state index contributed by atoms with van der Waals surface area (Å²) in [5, 5.41) is 23.7. The number of hydrogen-bond acceptors (Lipinski definition) is 3. The Morgan fingerprint density at radius 1 is 1.08 bits per heavy atom. The van der Waals surface area contributed by atoms with Gasteiger partial charge in [-0.25, -0.2) is 0 Å². The van der Waals surface area contributed by atoms with Crippen molar-refractivity contribution in [3.8, 4) is 0 Å². The van der Waals surface area contributed by atoms with E-state index in [1.807, 2.05) is 0 Å². The number of carboxylic acids is 3. The van der Waals surface area contributed by atoms with Crippen LogP contribution in [0.15, 0.2) is 0 Å². The van der Waals surface area contributed by atoms with E-state index in [1.54, 1.807) is 6.92 Å². The third-order valence-corrected chi connectivity index (χ3v) is 1.04. The predicted molar refractivity (Wildman–Crippen MR) is 42.4 cm³/mol. The molecule has 0 bridgehead atoms. The molecule has 13 heavy (non-hydrogen) atoms. The number of carbonyl (C=O) groups is 3. The molecule has 0 heterocycles. The Bertz CT molecular complexity index is 183. The lowest BCUT2D eigenvalue weighted by molar-refractivity contribution is -0.153. The summed E-state index contributed by atoms with van der Waals surface area (Å²) in [6.45, 7) is 2.72. The van der Waals surface area contributed by atoms with E-state index in [4.69, 9.17) is 15.3 Å². The van der Waals surface area contributed by atoms with Gasteiger partial charge in [0.05, 0.1) is 0 Å². The van der Waals surface area contributed by atoms with Gasteiger partial charge in [0, 0.05) is 6.42 Å². The zero-order chi connectivity index (χ0) is 11.0. The highest BCUT2D eigenvalue weighted by Gasteiger charge is 2.18. The van der Waals surface area contributed by atoms with E-state index in [2.05, 4.69) is 0 Å². The van der Waals surface area contributed by atoms with Crippen LogP contribution in [-0.4, -0.2) is 33.2 Å². The van der Waals surface area contributed by atoms with Crippen molar-refractivity contribution in [3.05, 3.63) is 0 Å². The monoisotopic (exact) mass is 192 g/mol.